The fourth-order valence-corrected chi connectivity index (χ4v) is 5.99. The summed E-state index contributed by atoms with van der Waals surface area (Å²) < 4.78 is 28.6. The number of rotatable bonds is 4. The lowest BCUT2D eigenvalue weighted by Gasteiger charge is -2.32. The van der Waals surface area contributed by atoms with Gasteiger partial charge in [-0.05, 0) is 52.8 Å². The number of likely N-dealkylation sites (N-methyl/N-ethyl adjacent to an activating group) is 1. The third kappa shape index (κ3) is 3.69. The molecular formula is C20H22BrN3O2S. The average Bonchev–Trinajstić information content (AvgIpc) is 3.00. The van der Waals surface area contributed by atoms with E-state index in [0.29, 0.717) is 15.0 Å². The highest BCUT2D eigenvalue weighted by Crippen LogP contribution is 2.29. The van der Waals surface area contributed by atoms with E-state index in [-0.39, 0.29) is 0 Å². The Balaban J connectivity index is 1.67. The molecule has 2 aromatic carbocycles. The Bertz CT molecular complexity index is 1070. The van der Waals surface area contributed by atoms with Crippen LogP contribution in [0, 0.1) is 0 Å². The Morgan fingerprint density at radius 3 is 2.48 bits per heavy atom. The van der Waals surface area contributed by atoms with Gasteiger partial charge in [0.05, 0.1) is 10.4 Å². The first-order valence-corrected chi connectivity index (χ1v) is 11.2. The summed E-state index contributed by atoms with van der Waals surface area (Å²) in [6, 6.07) is 16.6. The molecule has 0 atom stereocenters. The van der Waals surface area contributed by atoms with Gasteiger partial charge in [-0.3, -0.25) is 4.90 Å². The number of hydrogen-bond donors (Lipinski definition) is 0. The standard InChI is InChI=1S/C20H22BrN3O2S/c1-22-9-11-23(12-10-22)15-16-5-4-7-18(13-16)27(25,26)24-19-8-3-2-6-17(19)14-20(24)21/h2-8,13-14H,9-12,15H2,1H3. The zero-order valence-corrected chi connectivity index (χ0v) is 17.6. The Hall–Kier alpha value is -1.67. The van der Waals surface area contributed by atoms with E-state index in [4.69, 9.17) is 0 Å². The van der Waals surface area contributed by atoms with Crippen molar-refractivity contribution in [2.45, 2.75) is 11.4 Å². The maximum Gasteiger partial charge on any atom is 0.269 e. The number of aromatic nitrogens is 1. The van der Waals surface area contributed by atoms with Gasteiger partial charge in [0.15, 0.2) is 0 Å². The van der Waals surface area contributed by atoms with Crippen LogP contribution in [0.1, 0.15) is 5.56 Å². The molecule has 2 heterocycles. The number of fused-ring (bicyclic) bond motifs is 1. The van der Waals surface area contributed by atoms with E-state index in [0.717, 1.165) is 43.7 Å². The molecular weight excluding hydrogens is 426 g/mol. The molecule has 1 aliphatic heterocycles. The van der Waals surface area contributed by atoms with Crippen molar-refractivity contribution in [1.29, 1.82) is 0 Å². The predicted molar refractivity (Wildman–Crippen MR) is 111 cm³/mol. The maximum absolute atomic E-state index is 13.3. The zero-order chi connectivity index (χ0) is 19.0. The molecule has 142 valence electrons. The summed E-state index contributed by atoms with van der Waals surface area (Å²) in [5.74, 6) is 0. The van der Waals surface area contributed by atoms with Gasteiger partial charge in [0, 0.05) is 38.1 Å². The van der Waals surface area contributed by atoms with Gasteiger partial charge in [-0.1, -0.05) is 30.3 Å². The highest BCUT2D eigenvalue weighted by molar-refractivity contribution is 9.10. The molecule has 27 heavy (non-hydrogen) atoms. The summed E-state index contributed by atoms with van der Waals surface area (Å²) in [7, 11) is -1.55. The largest absolute Gasteiger partial charge is 0.304 e. The molecule has 1 aliphatic rings. The highest BCUT2D eigenvalue weighted by Gasteiger charge is 2.23. The minimum Gasteiger partial charge on any atom is -0.304 e. The lowest BCUT2D eigenvalue weighted by atomic mass is 10.2. The van der Waals surface area contributed by atoms with Crippen molar-refractivity contribution in [2.24, 2.45) is 0 Å². The van der Waals surface area contributed by atoms with Crippen molar-refractivity contribution in [3.05, 3.63) is 64.8 Å². The number of hydrogen-bond acceptors (Lipinski definition) is 4. The summed E-state index contributed by atoms with van der Waals surface area (Å²) in [4.78, 5) is 5.00. The van der Waals surface area contributed by atoms with Gasteiger partial charge in [-0.25, -0.2) is 12.4 Å². The van der Waals surface area contributed by atoms with Crippen molar-refractivity contribution < 1.29 is 8.42 Å². The van der Waals surface area contributed by atoms with Crippen LogP contribution in [0.25, 0.3) is 10.9 Å². The van der Waals surface area contributed by atoms with E-state index in [1.807, 2.05) is 42.5 Å². The summed E-state index contributed by atoms with van der Waals surface area (Å²) >= 11 is 3.42. The van der Waals surface area contributed by atoms with E-state index in [1.165, 1.54) is 3.97 Å². The molecule has 0 saturated carbocycles. The topological polar surface area (TPSA) is 45.6 Å². The number of para-hydroxylation sites is 1. The first-order valence-electron chi connectivity index (χ1n) is 8.96. The summed E-state index contributed by atoms with van der Waals surface area (Å²) in [5, 5.41) is 0.890. The lowest BCUT2D eigenvalue weighted by molar-refractivity contribution is 0.148. The van der Waals surface area contributed by atoms with Crippen LogP contribution in [0.5, 0.6) is 0 Å². The lowest BCUT2D eigenvalue weighted by Crippen LogP contribution is -2.43. The van der Waals surface area contributed by atoms with Crippen LogP contribution in [0.15, 0.2) is 64.1 Å². The van der Waals surface area contributed by atoms with E-state index in [9.17, 15) is 8.42 Å². The summed E-state index contributed by atoms with van der Waals surface area (Å²) in [6.07, 6.45) is 0. The second-order valence-electron chi connectivity index (χ2n) is 7.02. The third-order valence-electron chi connectivity index (χ3n) is 5.06. The van der Waals surface area contributed by atoms with Crippen LogP contribution in [0.4, 0.5) is 0 Å². The molecule has 7 heteroatoms. The van der Waals surface area contributed by atoms with Gasteiger partial charge < -0.3 is 4.90 Å². The molecule has 0 amide bonds. The average molecular weight is 448 g/mol. The van der Waals surface area contributed by atoms with Gasteiger partial charge in [0.1, 0.15) is 4.60 Å². The van der Waals surface area contributed by atoms with E-state index in [1.54, 1.807) is 12.1 Å². The quantitative estimate of drug-likeness (QED) is 0.614. The Labute approximate surface area is 168 Å². The normalized spacial score (nSPS) is 16.8. The molecule has 0 unspecified atom stereocenters. The second-order valence-corrected chi connectivity index (χ2v) is 9.62. The molecule has 0 bridgehead atoms. The fraction of sp³-hybridized carbons (Fsp3) is 0.300. The van der Waals surface area contributed by atoms with Crippen LogP contribution in [-0.4, -0.2) is 55.4 Å². The summed E-state index contributed by atoms with van der Waals surface area (Å²) in [6.45, 7) is 4.86. The van der Waals surface area contributed by atoms with E-state index in [2.05, 4.69) is 32.8 Å². The molecule has 0 spiro atoms. The number of halogens is 1. The predicted octanol–water partition coefficient (Wildman–Crippen LogP) is 3.39. The molecule has 5 nitrogen and oxygen atoms in total. The molecule has 3 aromatic rings. The molecule has 0 radical (unpaired) electrons. The zero-order valence-electron chi connectivity index (χ0n) is 15.2. The summed E-state index contributed by atoms with van der Waals surface area (Å²) in [5.41, 5.74) is 1.70. The molecule has 1 aromatic heterocycles. The van der Waals surface area contributed by atoms with Crippen molar-refractivity contribution in [1.82, 2.24) is 13.8 Å². The van der Waals surface area contributed by atoms with Crippen LogP contribution in [0.3, 0.4) is 0 Å². The SMILES string of the molecule is CN1CCN(Cc2cccc(S(=O)(=O)n3c(Br)cc4ccccc43)c2)CC1. The van der Waals surface area contributed by atoms with Gasteiger partial charge >= 0.3 is 0 Å². The maximum atomic E-state index is 13.3. The monoisotopic (exact) mass is 447 g/mol. The van der Waals surface area contributed by atoms with Crippen LogP contribution >= 0.6 is 15.9 Å². The van der Waals surface area contributed by atoms with E-state index >= 15 is 0 Å². The van der Waals surface area contributed by atoms with Gasteiger partial charge in [0.25, 0.3) is 10.0 Å². The third-order valence-corrected chi connectivity index (χ3v) is 7.60. The number of benzene rings is 2. The van der Waals surface area contributed by atoms with E-state index < -0.39 is 10.0 Å². The number of piperazine rings is 1. The first kappa shape index (κ1) is 18.7. The molecule has 0 aliphatic carbocycles. The molecule has 1 fully saturated rings. The fourth-order valence-electron chi connectivity index (χ4n) is 3.51. The molecule has 1 saturated heterocycles. The van der Waals surface area contributed by atoms with Crippen molar-refractivity contribution in [3.8, 4) is 0 Å². The molecule has 0 N–H and O–H groups in total. The van der Waals surface area contributed by atoms with Crippen molar-refractivity contribution in [3.63, 3.8) is 0 Å². The van der Waals surface area contributed by atoms with Gasteiger partial charge in [0.2, 0.25) is 0 Å². The van der Waals surface area contributed by atoms with Crippen LogP contribution in [0.2, 0.25) is 0 Å². The minimum atomic E-state index is -3.68. The Morgan fingerprint density at radius 2 is 1.70 bits per heavy atom. The van der Waals surface area contributed by atoms with Crippen molar-refractivity contribution >= 4 is 36.9 Å². The first-order chi connectivity index (χ1) is 12.9. The number of nitrogens with zero attached hydrogens (tertiary/aromatic N) is 3. The van der Waals surface area contributed by atoms with Crippen LogP contribution in [-0.2, 0) is 16.6 Å². The van der Waals surface area contributed by atoms with Crippen LogP contribution < -0.4 is 0 Å². The molecule has 4 rings (SSSR count). The highest BCUT2D eigenvalue weighted by atomic mass is 79.9. The van der Waals surface area contributed by atoms with Gasteiger partial charge in [-0.15, -0.1) is 0 Å². The smallest absolute Gasteiger partial charge is 0.269 e. The second kappa shape index (κ2) is 7.39. The minimum absolute atomic E-state index is 0.316. The van der Waals surface area contributed by atoms with Crippen molar-refractivity contribution in [2.75, 3.05) is 33.2 Å². The Morgan fingerprint density at radius 1 is 0.963 bits per heavy atom. The Kier molecular flexibility index (Phi) is 5.11. The van der Waals surface area contributed by atoms with Gasteiger partial charge in [-0.2, -0.15) is 0 Å².